The molecule has 1 fully saturated rings. The molecule has 4 heteroatoms. The Bertz CT molecular complexity index is 611. The maximum Gasteiger partial charge on any atom is 0.123 e. The molecule has 0 amide bonds. The van der Waals surface area contributed by atoms with Crippen molar-refractivity contribution in [2.45, 2.75) is 38.0 Å². The van der Waals surface area contributed by atoms with Gasteiger partial charge in [-0.1, -0.05) is 42.8 Å². The molecule has 1 heterocycles. The quantitative estimate of drug-likeness (QED) is 0.820. The largest absolute Gasteiger partial charge is 0.491 e. The maximum absolute atomic E-state index is 10.2. The molecule has 0 saturated carbocycles. The molecule has 1 aliphatic rings. The van der Waals surface area contributed by atoms with Gasteiger partial charge in [0.2, 0.25) is 0 Å². The van der Waals surface area contributed by atoms with Crippen molar-refractivity contribution in [1.82, 2.24) is 5.32 Å². The van der Waals surface area contributed by atoms with Crippen LogP contribution in [0.5, 0.6) is 11.5 Å². The van der Waals surface area contributed by atoms with Crippen LogP contribution < -0.4 is 14.8 Å². The van der Waals surface area contributed by atoms with Crippen molar-refractivity contribution in [3.05, 3.63) is 60.2 Å². The zero-order valence-corrected chi connectivity index (χ0v) is 13.9. The van der Waals surface area contributed by atoms with Crippen molar-refractivity contribution in [2.75, 3.05) is 13.2 Å². The molecule has 3 rings (SSSR count). The van der Waals surface area contributed by atoms with E-state index < -0.39 is 6.10 Å². The Morgan fingerprint density at radius 2 is 1.79 bits per heavy atom. The molecule has 2 aromatic carbocycles. The summed E-state index contributed by atoms with van der Waals surface area (Å²) in [6, 6.07) is 17.8. The van der Waals surface area contributed by atoms with Crippen LogP contribution >= 0.6 is 0 Å². The standard InChI is InChI=1S/C20H25NO3/c22-20(19-11-4-5-12-21-19)15-24-18-10-6-9-17(13-18)23-14-16-7-2-1-3-8-16/h1-3,6-10,13,19-22H,4-5,11-12,14-15H2/t19-,20-/m1/s1. The van der Waals surface area contributed by atoms with Crippen molar-refractivity contribution in [1.29, 1.82) is 0 Å². The normalized spacial score (nSPS) is 18.8. The van der Waals surface area contributed by atoms with Crippen LogP contribution in [0.1, 0.15) is 24.8 Å². The van der Waals surface area contributed by atoms with Crippen molar-refractivity contribution in [3.63, 3.8) is 0 Å². The Kier molecular flexibility index (Phi) is 6.10. The summed E-state index contributed by atoms with van der Waals surface area (Å²) >= 11 is 0. The zero-order chi connectivity index (χ0) is 16.6. The van der Waals surface area contributed by atoms with Crippen LogP contribution in [0, 0.1) is 0 Å². The van der Waals surface area contributed by atoms with Crippen molar-refractivity contribution in [3.8, 4) is 11.5 Å². The number of aliphatic hydroxyl groups excluding tert-OH is 1. The second-order valence-corrected chi connectivity index (χ2v) is 6.18. The molecule has 0 aromatic heterocycles. The zero-order valence-electron chi connectivity index (χ0n) is 13.9. The Labute approximate surface area is 143 Å². The lowest BCUT2D eigenvalue weighted by molar-refractivity contribution is 0.0638. The fourth-order valence-electron chi connectivity index (χ4n) is 2.90. The number of rotatable bonds is 7. The number of benzene rings is 2. The average Bonchev–Trinajstić information content (AvgIpc) is 2.66. The highest BCUT2D eigenvalue weighted by atomic mass is 16.5. The Hall–Kier alpha value is -2.04. The number of hydrogen-bond acceptors (Lipinski definition) is 4. The maximum atomic E-state index is 10.2. The lowest BCUT2D eigenvalue weighted by atomic mass is 10.0. The molecule has 0 aliphatic carbocycles. The van der Waals surface area contributed by atoms with E-state index in [9.17, 15) is 5.11 Å². The lowest BCUT2D eigenvalue weighted by Crippen LogP contribution is -2.45. The molecular formula is C20H25NO3. The highest BCUT2D eigenvalue weighted by Crippen LogP contribution is 2.21. The van der Waals surface area contributed by atoms with E-state index in [-0.39, 0.29) is 6.04 Å². The predicted molar refractivity (Wildman–Crippen MR) is 94.4 cm³/mol. The number of piperidine rings is 1. The fourth-order valence-corrected chi connectivity index (χ4v) is 2.90. The van der Waals surface area contributed by atoms with Gasteiger partial charge in [-0.3, -0.25) is 0 Å². The van der Waals surface area contributed by atoms with Crippen molar-refractivity contribution in [2.24, 2.45) is 0 Å². The van der Waals surface area contributed by atoms with E-state index in [0.717, 1.165) is 36.4 Å². The molecule has 0 unspecified atom stereocenters. The highest BCUT2D eigenvalue weighted by molar-refractivity contribution is 5.33. The van der Waals surface area contributed by atoms with Crippen LogP contribution in [0.3, 0.4) is 0 Å². The van der Waals surface area contributed by atoms with Gasteiger partial charge < -0.3 is 19.9 Å². The minimum atomic E-state index is -0.487. The number of aliphatic hydroxyl groups is 1. The van der Waals surface area contributed by atoms with Gasteiger partial charge in [0.05, 0.1) is 0 Å². The molecule has 0 radical (unpaired) electrons. The van der Waals surface area contributed by atoms with E-state index in [2.05, 4.69) is 5.32 Å². The third-order valence-corrected chi connectivity index (χ3v) is 4.29. The summed E-state index contributed by atoms with van der Waals surface area (Å²) < 4.78 is 11.5. The summed E-state index contributed by atoms with van der Waals surface area (Å²) in [6.07, 6.45) is 2.87. The molecular weight excluding hydrogens is 302 g/mol. The first-order valence-corrected chi connectivity index (χ1v) is 8.62. The minimum Gasteiger partial charge on any atom is -0.491 e. The molecule has 24 heavy (non-hydrogen) atoms. The first kappa shape index (κ1) is 16.8. The summed E-state index contributed by atoms with van der Waals surface area (Å²) in [6.45, 7) is 1.79. The molecule has 1 aliphatic heterocycles. The summed E-state index contributed by atoms with van der Waals surface area (Å²) in [5.74, 6) is 1.48. The van der Waals surface area contributed by atoms with E-state index >= 15 is 0 Å². The Balaban J connectivity index is 1.49. The summed E-state index contributed by atoms with van der Waals surface area (Å²) in [5, 5.41) is 13.6. The molecule has 4 nitrogen and oxygen atoms in total. The molecule has 128 valence electrons. The molecule has 0 bridgehead atoms. The van der Waals surface area contributed by atoms with Gasteiger partial charge in [-0.25, -0.2) is 0 Å². The van der Waals surface area contributed by atoms with Gasteiger partial charge in [0.1, 0.15) is 30.8 Å². The first-order chi connectivity index (χ1) is 11.8. The fraction of sp³-hybridized carbons (Fsp3) is 0.400. The third-order valence-electron chi connectivity index (χ3n) is 4.29. The van der Waals surface area contributed by atoms with E-state index in [1.807, 2.05) is 54.6 Å². The summed E-state index contributed by atoms with van der Waals surface area (Å²) in [4.78, 5) is 0. The third kappa shape index (κ3) is 4.98. The van der Waals surface area contributed by atoms with E-state index in [0.29, 0.717) is 13.2 Å². The van der Waals surface area contributed by atoms with Crippen molar-refractivity contribution >= 4 is 0 Å². The van der Waals surface area contributed by atoms with Crippen LogP contribution in [-0.2, 0) is 6.61 Å². The smallest absolute Gasteiger partial charge is 0.123 e. The van der Waals surface area contributed by atoms with Crippen molar-refractivity contribution < 1.29 is 14.6 Å². The van der Waals surface area contributed by atoms with E-state index in [1.165, 1.54) is 6.42 Å². The van der Waals surface area contributed by atoms with Gasteiger partial charge in [0.15, 0.2) is 0 Å². The second-order valence-electron chi connectivity index (χ2n) is 6.18. The molecule has 1 saturated heterocycles. The van der Waals surface area contributed by atoms with Gasteiger partial charge in [-0.15, -0.1) is 0 Å². The SMILES string of the molecule is O[C@H](COc1cccc(OCc2ccccc2)c1)[C@H]1CCCCN1. The van der Waals surface area contributed by atoms with Crippen LogP contribution in [-0.4, -0.2) is 30.4 Å². The topological polar surface area (TPSA) is 50.7 Å². The highest BCUT2D eigenvalue weighted by Gasteiger charge is 2.21. The van der Waals surface area contributed by atoms with E-state index in [1.54, 1.807) is 0 Å². The van der Waals surface area contributed by atoms with Gasteiger partial charge >= 0.3 is 0 Å². The Morgan fingerprint density at radius 1 is 1.00 bits per heavy atom. The molecule has 0 spiro atoms. The van der Waals surface area contributed by atoms with Crippen LogP contribution in [0.25, 0.3) is 0 Å². The summed E-state index contributed by atoms with van der Waals surface area (Å²) in [7, 11) is 0. The number of nitrogens with one attached hydrogen (secondary N) is 1. The second kappa shape index (κ2) is 8.71. The predicted octanol–water partition coefficient (Wildman–Crippen LogP) is 3.15. The lowest BCUT2D eigenvalue weighted by Gasteiger charge is -2.27. The van der Waals surface area contributed by atoms with Crippen LogP contribution in [0.2, 0.25) is 0 Å². The van der Waals surface area contributed by atoms with Gasteiger partial charge in [0, 0.05) is 12.1 Å². The minimum absolute atomic E-state index is 0.135. The molecule has 2 aromatic rings. The number of hydrogen-bond donors (Lipinski definition) is 2. The number of ether oxygens (including phenoxy) is 2. The van der Waals surface area contributed by atoms with Gasteiger partial charge in [-0.2, -0.15) is 0 Å². The Morgan fingerprint density at radius 3 is 2.54 bits per heavy atom. The van der Waals surface area contributed by atoms with Crippen LogP contribution in [0.15, 0.2) is 54.6 Å². The average molecular weight is 327 g/mol. The monoisotopic (exact) mass is 327 g/mol. The van der Waals surface area contributed by atoms with Gasteiger partial charge in [-0.05, 0) is 37.1 Å². The molecule has 2 N–H and O–H groups in total. The molecule has 2 atom stereocenters. The first-order valence-electron chi connectivity index (χ1n) is 8.62. The van der Waals surface area contributed by atoms with Crippen LogP contribution in [0.4, 0.5) is 0 Å². The van der Waals surface area contributed by atoms with Gasteiger partial charge in [0.25, 0.3) is 0 Å². The van der Waals surface area contributed by atoms with E-state index in [4.69, 9.17) is 9.47 Å². The summed E-state index contributed by atoms with van der Waals surface area (Å²) in [5.41, 5.74) is 1.13.